The van der Waals surface area contributed by atoms with Crippen LogP contribution in [-0.4, -0.2) is 55.0 Å². The normalized spacial score (nSPS) is 13.3. The van der Waals surface area contributed by atoms with E-state index in [1.807, 2.05) is 58.0 Å². The van der Waals surface area contributed by atoms with E-state index in [1.54, 1.807) is 6.92 Å². The number of esters is 2. The Morgan fingerprint density at radius 1 is 1.00 bits per heavy atom. The first kappa shape index (κ1) is 30.4. The van der Waals surface area contributed by atoms with Crippen molar-refractivity contribution in [3.63, 3.8) is 0 Å². The molecular formula is C28H38N2O8. The lowest BCUT2D eigenvalue weighted by atomic mass is 10.0. The number of rotatable bonds is 14. The summed E-state index contributed by atoms with van der Waals surface area (Å²) in [7, 11) is 1.40. The van der Waals surface area contributed by atoms with Crippen LogP contribution in [0.3, 0.4) is 0 Å². The van der Waals surface area contributed by atoms with Gasteiger partial charge in [-0.15, -0.1) is 0 Å². The highest BCUT2D eigenvalue weighted by atomic mass is 16.7. The van der Waals surface area contributed by atoms with E-state index in [1.165, 1.54) is 26.3 Å². The summed E-state index contributed by atoms with van der Waals surface area (Å²) in [5.74, 6) is -0.821. The number of nitrogens with zero attached hydrogens (tertiary/aromatic N) is 1. The lowest BCUT2D eigenvalue weighted by Gasteiger charge is -2.30. The van der Waals surface area contributed by atoms with Gasteiger partial charge in [-0.2, -0.15) is 0 Å². The van der Waals surface area contributed by atoms with Gasteiger partial charge in [0.15, 0.2) is 17.2 Å². The Labute approximate surface area is 224 Å². The Hall–Kier alpha value is -3.82. The maximum absolute atomic E-state index is 13.3. The molecule has 208 valence electrons. The van der Waals surface area contributed by atoms with Crippen LogP contribution in [0, 0.1) is 11.8 Å². The standard InChI is InChI=1S/C28H38N2O8/c1-17(2)15-22(28(33)37-19(5)25(18(3)4)38-21-11-9-8-10-12-21)30-27(32)24-26(36-16-35-20(6)31)23(34-7)13-14-29-24/h8-14,17-19,22,25H,15-16H2,1-7H3,(H,30,32)/t19-,22-,25+/m0/s1. The number of ether oxygens (including phenoxy) is 5. The van der Waals surface area contributed by atoms with Gasteiger partial charge in [-0.25, -0.2) is 9.78 Å². The Morgan fingerprint density at radius 2 is 1.68 bits per heavy atom. The molecule has 2 aromatic rings. The number of carbonyl (C=O) groups is 3. The molecule has 10 heteroatoms. The van der Waals surface area contributed by atoms with Crippen LogP contribution >= 0.6 is 0 Å². The highest BCUT2D eigenvalue weighted by Gasteiger charge is 2.32. The molecule has 0 aliphatic rings. The average Bonchev–Trinajstić information content (AvgIpc) is 2.86. The molecule has 1 heterocycles. The van der Waals surface area contributed by atoms with E-state index in [4.69, 9.17) is 23.7 Å². The molecule has 3 atom stereocenters. The van der Waals surface area contributed by atoms with E-state index in [2.05, 4.69) is 10.3 Å². The molecule has 0 spiro atoms. The maximum Gasteiger partial charge on any atom is 0.329 e. The summed E-state index contributed by atoms with van der Waals surface area (Å²) >= 11 is 0. The van der Waals surface area contributed by atoms with Crippen molar-refractivity contribution in [3.05, 3.63) is 48.3 Å². The van der Waals surface area contributed by atoms with Crippen LogP contribution in [0.2, 0.25) is 0 Å². The fourth-order valence-corrected chi connectivity index (χ4v) is 3.74. The minimum Gasteiger partial charge on any atom is -0.493 e. The third kappa shape index (κ3) is 9.24. The fraction of sp³-hybridized carbons (Fsp3) is 0.500. The lowest BCUT2D eigenvalue weighted by Crippen LogP contribution is -2.46. The van der Waals surface area contributed by atoms with Crippen molar-refractivity contribution in [2.24, 2.45) is 11.8 Å². The van der Waals surface area contributed by atoms with Crippen LogP contribution in [0.15, 0.2) is 42.6 Å². The van der Waals surface area contributed by atoms with E-state index in [-0.39, 0.29) is 29.0 Å². The van der Waals surface area contributed by atoms with Crippen molar-refractivity contribution in [3.8, 4) is 17.2 Å². The predicted molar refractivity (Wildman–Crippen MR) is 140 cm³/mol. The minimum absolute atomic E-state index is 0.0186. The summed E-state index contributed by atoms with van der Waals surface area (Å²) in [6.07, 6.45) is 0.708. The number of aromatic nitrogens is 1. The van der Waals surface area contributed by atoms with Crippen molar-refractivity contribution in [2.45, 2.75) is 66.2 Å². The zero-order valence-corrected chi connectivity index (χ0v) is 23.1. The summed E-state index contributed by atoms with van der Waals surface area (Å²) in [6, 6.07) is 9.86. The molecule has 0 unspecified atom stereocenters. The van der Waals surface area contributed by atoms with Gasteiger partial charge in [0, 0.05) is 19.2 Å². The van der Waals surface area contributed by atoms with Crippen molar-refractivity contribution < 1.29 is 38.1 Å². The minimum atomic E-state index is -0.955. The molecule has 38 heavy (non-hydrogen) atoms. The number of nitrogens with one attached hydrogen (secondary N) is 1. The summed E-state index contributed by atoms with van der Waals surface area (Å²) in [4.78, 5) is 41.7. The monoisotopic (exact) mass is 530 g/mol. The number of para-hydroxylation sites is 1. The number of carbonyl (C=O) groups excluding carboxylic acids is 3. The maximum atomic E-state index is 13.3. The third-order valence-electron chi connectivity index (χ3n) is 5.50. The number of hydrogen-bond donors (Lipinski definition) is 1. The third-order valence-corrected chi connectivity index (χ3v) is 5.50. The van der Waals surface area contributed by atoms with Crippen molar-refractivity contribution in [1.29, 1.82) is 0 Å². The fourth-order valence-electron chi connectivity index (χ4n) is 3.74. The van der Waals surface area contributed by atoms with Gasteiger partial charge in [0.05, 0.1) is 7.11 Å². The molecule has 0 saturated carbocycles. The van der Waals surface area contributed by atoms with Gasteiger partial charge in [0.2, 0.25) is 6.79 Å². The van der Waals surface area contributed by atoms with Gasteiger partial charge in [-0.3, -0.25) is 9.59 Å². The molecule has 1 aromatic carbocycles. The molecule has 0 aliphatic carbocycles. The number of pyridine rings is 1. The second kappa shape index (κ2) is 14.8. The molecule has 1 amide bonds. The summed E-state index contributed by atoms with van der Waals surface area (Å²) in [5.41, 5.74) is -0.126. The molecule has 10 nitrogen and oxygen atoms in total. The smallest absolute Gasteiger partial charge is 0.329 e. The lowest BCUT2D eigenvalue weighted by molar-refractivity contribution is -0.156. The number of benzene rings is 1. The van der Waals surface area contributed by atoms with E-state index in [9.17, 15) is 14.4 Å². The summed E-state index contributed by atoms with van der Waals surface area (Å²) in [5, 5.41) is 2.72. The molecule has 0 fully saturated rings. The van der Waals surface area contributed by atoms with Crippen LogP contribution in [-0.2, 0) is 19.1 Å². The topological polar surface area (TPSA) is 122 Å². The molecule has 0 aliphatic heterocycles. The Balaban J connectivity index is 2.20. The van der Waals surface area contributed by atoms with E-state index in [0.29, 0.717) is 12.2 Å². The number of methoxy groups -OCH3 is 1. The molecule has 1 aromatic heterocycles. The Bertz CT molecular complexity index is 1060. The Morgan fingerprint density at radius 3 is 2.26 bits per heavy atom. The van der Waals surface area contributed by atoms with Gasteiger partial charge in [-0.1, -0.05) is 45.9 Å². The summed E-state index contributed by atoms with van der Waals surface area (Å²) < 4.78 is 27.5. The molecule has 1 N–H and O–H groups in total. The number of amides is 1. The van der Waals surface area contributed by atoms with Gasteiger partial charge in [-0.05, 0) is 37.3 Å². The van der Waals surface area contributed by atoms with Gasteiger partial charge in [0.1, 0.15) is 24.0 Å². The van der Waals surface area contributed by atoms with E-state index < -0.39 is 42.9 Å². The van der Waals surface area contributed by atoms with Crippen LogP contribution in [0.4, 0.5) is 0 Å². The zero-order valence-electron chi connectivity index (χ0n) is 23.1. The first-order chi connectivity index (χ1) is 18.0. The second-order valence-electron chi connectivity index (χ2n) is 9.53. The second-order valence-corrected chi connectivity index (χ2v) is 9.53. The largest absolute Gasteiger partial charge is 0.493 e. The van der Waals surface area contributed by atoms with Crippen LogP contribution in [0.25, 0.3) is 0 Å². The quantitative estimate of drug-likeness (QED) is 0.283. The van der Waals surface area contributed by atoms with Gasteiger partial charge < -0.3 is 29.0 Å². The van der Waals surface area contributed by atoms with Crippen LogP contribution in [0.1, 0.15) is 58.5 Å². The van der Waals surface area contributed by atoms with Crippen molar-refractivity contribution in [1.82, 2.24) is 10.3 Å². The highest BCUT2D eigenvalue weighted by Crippen LogP contribution is 2.30. The molecular weight excluding hydrogens is 492 g/mol. The van der Waals surface area contributed by atoms with Gasteiger partial charge >= 0.3 is 11.9 Å². The average molecular weight is 531 g/mol. The first-order valence-corrected chi connectivity index (χ1v) is 12.6. The van der Waals surface area contributed by atoms with E-state index >= 15 is 0 Å². The Kier molecular flexibility index (Phi) is 11.8. The zero-order chi connectivity index (χ0) is 28.2. The molecule has 0 bridgehead atoms. The predicted octanol–water partition coefficient (Wildman–Crippen LogP) is 4.17. The van der Waals surface area contributed by atoms with Gasteiger partial charge in [0.25, 0.3) is 5.91 Å². The first-order valence-electron chi connectivity index (χ1n) is 12.6. The molecule has 0 radical (unpaired) electrons. The van der Waals surface area contributed by atoms with Crippen LogP contribution in [0.5, 0.6) is 17.2 Å². The molecule has 2 rings (SSSR count). The SMILES string of the molecule is COc1ccnc(C(=O)N[C@@H](CC(C)C)C(=O)O[C@@H](C)[C@H](Oc2ccccc2)C(C)C)c1OCOC(C)=O. The van der Waals surface area contributed by atoms with Crippen LogP contribution < -0.4 is 19.5 Å². The van der Waals surface area contributed by atoms with Crippen molar-refractivity contribution >= 4 is 17.8 Å². The highest BCUT2D eigenvalue weighted by molar-refractivity contribution is 5.98. The van der Waals surface area contributed by atoms with E-state index in [0.717, 1.165) is 0 Å². The van der Waals surface area contributed by atoms with Crippen molar-refractivity contribution in [2.75, 3.05) is 13.9 Å². The number of hydrogen-bond acceptors (Lipinski definition) is 9. The molecule has 0 saturated heterocycles. The summed E-state index contributed by atoms with van der Waals surface area (Å²) in [6.45, 7) is 10.4.